The fourth-order valence-electron chi connectivity index (χ4n) is 2.82. The van der Waals surface area contributed by atoms with Crippen LogP contribution in [-0.2, 0) is 24.6 Å². The summed E-state index contributed by atoms with van der Waals surface area (Å²) in [6, 6.07) is 0. The second kappa shape index (κ2) is 8.76. The van der Waals surface area contributed by atoms with E-state index >= 15 is 0 Å². The number of halogens is 1. The van der Waals surface area contributed by atoms with E-state index in [1.165, 1.54) is 6.42 Å². The molecule has 21 heavy (non-hydrogen) atoms. The van der Waals surface area contributed by atoms with Gasteiger partial charge in [-0.3, -0.25) is 4.68 Å². The third kappa shape index (κ3) is 5.28. The van der Waals surface area contributed by atoms with Gasteiger partial charge in [0, 0.05) is 27.2 Å². The number of rotatable bonds is 10. The maximum atomic E-state index is 6.50. The quantitative estimate of drug-likeness (QED) is 0.674. The molecule has 1 rings (SSSR count). The smallest absolute Gasteiger partial charge is 0.0849 e. The van der Waals surface area contributed by atoms with Crippen LogP contribution in [0.5, 0.6) is 0 Å². The molecule has 1 heterocycles. The Morgan fingerprint density at radius 3 is 2.62 bits per heavy atom. The van der Waals surface area contributed by atoms with E-state index in [2.05, 4.69) is 31.2 Å². The first-order valence-electron chi connectivity index (χ1n) is 7.87. The summed E-state index contributed by atoms with van der Waals surface area (Å²) in [4.78, 5) is 0. The molecule has 0 aliphatic carbocycles. The third-order valence-electron chi connectivity index (χ3n) is 3.99. The van der Waals surface area contributed by atoms with Crippen LogP contribution in [0.3, 0.4) is 0 Å². The number of ether oxygens (including phenoxy) is 1. The molecular formula is C16H30ClN3O. The molecule has 0 fully saturated rings. The molecule has 1 unspecified atom stereocenters. The minimum absolute atomic E-state index is 0.185. The van der Waals surface area contributed by atoms with Crippen molar-refractivity contribution in [3.63, 3.8) is 0 Å². The molecular weight excluding hydrogens is 286 g/mol. The summed E-state index contributed by atoms with van der Waals surface area (Å²) in [5, 5.41) is 8.87. The Bertz CT molecular complexity index is 433. The predicted octanol–water partition coefficient (Wildman–Crippen LogP) is 3.22. The molecule has 1 aromatic heterocycles. The molecule has 0 bridgehead atoms. The third-order valence-corrected chi connectivity index (χ3v) is 4.42. The monoisotopic (exact) mass is 315 g/mol. The number of aromatic nitrogens is 2. The topological polar surface area (TPSA) is 39.1 Å². The highest BCUT2D eigenvalue weighted by Gasteiger charge is 2.27. The van der Waals surface area contributed by atoms with Gasteiger partial charge in [-0.2, -0.15) is 5.10 Å². The van der Waals surface area contributed by atoms with E-state index in [0.717, 1.165) is 55.4 Å². The van der Waals surface area contributed by atoms with Gasteiger partial charge in [-0.05, 0) is 24.7 Å². The molecule has 0 aliphatic rings. The zero-order valence-electron chi connectivity index (χ0n) is 14.1. The van der Waals surface area contributed by atoms with Crippen LogP contribution in [0.1, 0.15) is 45.0 Å². The summed E-state index contributed by atoms with van der Waals surface area (Å²) in [7, 11) is 3.72. The number of hydrogen-bond acceptors (Lipinski definition) is 3. The zero-order chi connectivity index (χ0) is 15.9. The highest BCUT2D eigenvalue weighted by atomic mass is 35.5. The van der Waals surface area contributed by atoms with Gasteiger partial charge in [-0.25, -0.2) is 0 Å². The minimum Gasteiger partial charge on any atom is -0.383 e. The molecule has 0 radical (unpaired) electrons. The molecule has 1 atom stereocenters. The Labute approximate surface area is 134 Å². The molecule has 0 spiro atoms. The van der Waals surface area contributed by atoms with E-state index in [1.807, 2.05) is 11.7 Å². The Kier molecular flexibility index (Phi) is 7.71. The first-order chi connectivity index (χ1) is 9.97. The van der Waals surface area contributed by atoms with E-state index in [1.54, 1.807) is 7.11 Å². The molecule has 4 nitrogen and oxygen atoms in total. The summed E-state index contributed by atoms with van der Waals surface area (Å²) in [6.07, 6.45) is 4.15. The van der Waals surface area contributed by atoms with E-state index in [9.17, 15) is 0 Å². The average Bonchev–Trinajstić information content (AvgIpc) is 2.71. The SMILES string of the molecule is CCCC(C)(CNCCOC)Cc1c(Cl)c(CC)nn1C. The number of hydrogen-bond donors (Lipinski definition) is 1. The first kappa shape index (κ1) is 18.5. The van der Waals surface area contributed by atoms with Crippen molar-refractivity contribution in [3.8, 4) is 0 Å². The molecule has 1 N–H and O–H groups in total. The van der Waals surface area contributed by atoms with E-state index in [0.29, 0.717) is 0 Å². The van der Waals surface area contributed by atoms with Crippen molar-refractivity contribution in [3.05, 3.63) is 16.4 Å². The van der Waals surface area contributed by atoms with Gasteiger partial charge in [0.2, 0.25) is 0 Å². The number of methoxy groups -OCH3 is 1. The van der Waals surface area contributed by atoms with Crippen LogP contribution in [0.15, 0.2) is 0 Å². The van der Waals surface area contributed by atoms with Crippen LogP contribution < -0.4 is 5.32 Å². The van der Waals surface area contributed by atoms with Crippen LogP contribution in [0.25, 0.3) is 0 Å². The summed E-state index contributed by atoms with van der Waals surface area (Å²) in [5.74, 6) is 0. The zero-order valence-corrected chi connectivity index (χ0v) is 14.9. The van der Waals surface area contributed by atoms with Crippen LogP contribution in [0.2, 0.25) is 5.02 Å². The largest absolute Gasteiger partial charge is 0.383 e. The highest BCUT2D eigenvalue weighted by molar-refractivity contribution is 6.31. The number of aryl methyl sites for hydroxylation is 2. The fourth-order valence-corrected chi connectivity index (χ4v) is 3.18. The lowest BCUT2D eigenvalue weighted by molar-refractivity contribution is 0.189. The second-order valence-corrected chi connectivity index (χ2v) is 6.47. The molecule has 1 aromatic rings. The van der Waals surface area contributed by atoms with Crippen LogP contribution in [0, 0.1) is 5.41 Å². The molecule has 0 saturated heterocycles. The van der Waals surface area contributed by atoms with Gasteiger partial charge in [0.25, 0.3) is 0 Å². The van der Waals surface area contributed by atoms with Crippen LogP contribution >= 0.6 is 11.6 Å². The maximum Gasteiger partial charge on any atom is 0.0849 e. The van der Waals surface area contributed by atoms with Gasteiger partial charge in [0.05, 0.1) is 23.0 Å². The number of nitrogens with zero attached hydrogens (tertiary/aromatic N) is 2. The standard InChI is InChI=1S/C16H30ClN3O/c1-6-8-16(3,12-18-9-10-21-5)11-14-15(17)13(7-2)19-20(14)4/h18H,6-12H2,1-5H3. The fraction of sp³-hybridized carbons (Fsp3) is 0.812. The Hall–Kier alpha value is -0.580. The van der Waals surface area contributed by atoms with Crippen molar-refractivity contribution in [1.82, 2.24) is 15.1 Å². The van der Waals surface area contributed by atoms with Crippen molar-refractivity contribution in [2.24, 2.45) is 12.5 Å². The normalized spacial score (nSPS) is 14.4. The summed E-state index contributed by atoms with van der Waals surface area (Å²) >= 11 is 6.50. The molecule has 122 valence electrons. The van der Waals surface area contributed by atoms with Gasteiger partial charge in [0.1, 0.15) is 0 Å². The first-order valence-corrected chi connectivity index (χ1v) is 8.25. The van der Waals surface area contributed by atoms with Crippen molar-refractivity contribution < 1.29 is 4.74 Å². The van der Waals surface area contributed by atoms with E-state index < -0.39 is 0 Å². The lowest BCUT2D eigenvalue weighted by atomic mass is 9.81. The summed E-state index contributed by atoms with van der Waals surface area (Å²) in [5.41, 5.74) is 2.34. The van der Waals surface area contributed by atoms with Crippen molar-refractivity contribution in [2.45, 2.75) is 46.5 Å². The van der Waals surface area contributed by atoms with Gasteiger partial charge in [-0.15, -0.1) is 0 Å². The summed E-state index contributed by atoms with van der Waals surface area (Å²) < 4.78 is 7.04. The van der Waals surface area contributed by atoms with Gasteiger partial charge in [0.15, 0.2) is 0 Å². The van der Waals surface area contributed by atoms with Crippen LogP contribution in [-0.4, -0.2) is 36.6 Å². The van der Waals surface area contributed by atoms with E-state index in [-0.39, 0.29) is 5.41 Å². The molecule has 5 heteroatoms. The molecule has 0 aromatic carbocycles. The van der Waals surface area contributed by atoms with E-state index in [4.69, 9.17) is 16.3 Å². The van der Waals surface area contributed by atoms with Gasteiger partial charge in [-0.1, -0.05) is 38.8 Å². The lowest BCUT2D eigenvalue weighted by Crippen LogP contribution is -2.35. The lowest BCUT2D eigenvalue weighted by Gasteiger charge is -2.30. The minimum atomic E-state index is 0.185. The maximum absolute atomic E-state index is 6.50. The Morgan fingerprint density at radius 1 is 1.38 bits per heavy atom. The van der Waals surface area contributed by atoms with Crippen molar-refractivity contribution in [2.75, 3.05) is 26.8 Å². The van der Waals surface area contributed by atoms with Crippen LogP contribution in [0.4, 0.5) is 0 Å². The van der Waals surface area contributed by atoms with Gasteiger partial charge >= 0.3 is 0 Å². The van der Waals surface area contributed by atoms with Gasteiger partial charge < -0.3 is 10.1 Å². The Balaban J connectivity index is 2.79. The second-order valence-electron chi connectivity index (χ2n) is 6.09. The average molecular weight is 316 g/mol. The number of nitrogens with one attached hydrogen (secondary N) is 1. The predicted molar refractivity (Wildman–Crippen MR) is 89.1 cm³/mol. The van der Waals surface area contributed by atoms with Crippen molar-refractivity contribution in [1.29, 1.82) is 0 Å². The molecule has 0 aliphatic heterocycles. The highest BCUT2D eigenvalue weighted by Crippen LogP contribution is 2.32. The van der Waals surface area contributed by atoms with Crippen molar-refractivity contribution >= 4 is 11.6 Å². The Morgan fingerprint density at radius 2 is 2.10 bits per heavy atom. The molecule has 0 amide bonds. The molecule has 0 saturated carbocycles. The summed E-state index contributed by atoms with van der Waals surface area (Å²) in [6.45, 7) is 9.24.